The summed E-state index contributed by atoms with van der Waals surface area (Å²) < 4.78 is 52.2. The molecule has 1 aromatic rings. The lowest BCUT2D eigenvalue weighted by atomic mass is 10.1. The Labute approximate surface area is 121 Å². The number of benzene rings is 1. The Hall–Kier alpha value is -1.34. The van der Waals surface area contributed by atoms with Crippen LogP contribution in [0.25, 0.3) is 0 Å². The van der Waals surface area contributed by atoms with Gasteiger partial charge in [-0.2, -0.15) is 13.2 Å². The number of nitrogen functional groups attached to an aromatic ring is 1. The molecule has 0 bridgehead atoms. The number of rotatable bonds is 3. The molecule has 1 fully saturated rings. The largest absolute Gasteiger partial charge is 0.416 e. The zero-order valence-corrected chi connectivity index (χ0v) is 12.0. The molecule has 1 aliphatic heterocycles. The first-order chi connectivity index (χ1) is 9.68. The van der Waals surface area contributed by atoms with E-state index < -0.39 is 23.2 Å². The minimum atomic E-state index is -4.52. The Bertz CT molecular complexity index is 514. The fourth-order valence-corrected chi connectivity index (χ4v) is 2.61. The van der Waals surface area contributed by atoms with Gasteiger partial charge in [0.25, 0.3) is 0 Å². The topological polar surface area (TPSA) is 32.5 Å². The third kappa shape index (κ3) is 3.65. The molecule has 3 nitrogen and oxygen atoms in total. The number of hydrogen-bond donors (Lipinski definition) is 1. The molecule has 0 spiro atoms. The van der Waals surface area contributed by atoms with Crippen LogP contribution in [0.5, 0.6) is 0 Å². The van der Waals surface area contributed by atoms with Gasteiger partial charge in [0.1, 0.15) is 0 Å². The van der Waals surface area contributed by atoms with Crippen molar-refractivity contribution < 1.29 is 17.6 Å². The van der Waals surface area contributed by atoms with E-state index in [2.05, 4.69) is 4.90 Å². The highest BCUT2D eigenvalue weighted by molar-refractivity contribution is 5.47. The predicted molar refractivity (Wildman–Crippen MR) is 73.2 cm³/mol. The van der Waals surface area contributed by atoms with Gasteiger partial charge in [0, 0.05) is 31.2 Å². The average Bonchev–Trinajstić information content (AvgIpc) is 2.82. The van der Waals surface area contributed by atoms with Crippen molar-refractivity contribution in [1.82, 2.24) is 9.80 Å². The van der Waals surface area contributed by atoms with E-state index >= 15 is 0 Å². The van der Waals surface area contributed by atoms with Crippen LogP contribution in [-0.4, -0.2) is 43.0 Å². The van der Waals surface area contributed by atoms with Gasteiger partial charge in [0.05, 0.1) is 11.3 Å². The Kier molecular flexibility index (Phi) is 4.43. The molecule has 1 atom stereocenters. The molecular weight excluding hydrogens is 286 g/mol. The molecule has 1 aromatic carbocycles. The van der Waals surface area contributed by atoms with Crippen molar-refractivity contribution in [1.29, 1.82) is 0 Å². The molecule has 1 saturated heterocycles. The summed E-state index contributed by atoms with van der Waals surface area (Å²) in [5.74, 6) is -0.753. The summed E-state index contributed by atoms with van der Waals surface area (Å²) in [6, 6.07) is 1.84. The fraction of sp³-hybridized carbons (Fsp3) is 0.571. The lowest BCUT2D eigenvalue weighted by Crippen LogP contribution is -2.31. The van der Waals surface area contributed by atoms with Crippen LogP contribution in [0.4, 0.5) is 23.2 Å². The summed E-state index contributed by atoms with van der Waals surface area (Å²) in [6.45, 7) is 1.59. The van der Waals surface area contributed by atoms with Crippen LogP contribution < -0.4 is 5.73 Å². The normalized spacial score (nSPS) is 20.4. The van der Waals surface area contributed by atoms with E-state index in [0.717, 1.165) is 19.0 Å². The number of nitrogens with zero attached hydrogens (tertiary/aromatic N) is 2. The third-order valence-corrected chi connectivity index (χ3v) is 3.88. The summed E-state index contributed by atoms with van der Waals surface area (Å²) in [5.41, 5.74) is 4.01. The van der Waals surface area contributed by atoms with Crippen LogP contribution in [0, 0.1) is 5.82 Å². The second-order valence-corrected chi connectivity index (χ2v) is 5.68. The summed E-state index contributed by atoms with van der Waals surface area (Å²) >= 11 is 0. The molecule has 0 radical (unpaired) electrons. The number of likely N-dealkylation sites (N-methyl/N-ethyl adjacent to an activating group) is 1. The molecular formula is C14H19F4N3. The van der Waals surface area contributed by atoms with E-state index in [1.54, 1.807) is 0 Å². The molecule has 1 aliphatic rings. The molecule has 0 aliphatic carbocycles. The molecule has 0 aromatic heterocycles. The molecule has 0 unspecified atom stereocenters. The van der Waals surface area contributed by atoms with Gasteiger partial charge < -0.3 is 10.6 Å². The highest BCUT2D eigenvalue weighted by atomic mass is 19.4. The lowest BCUT2D eigenvalue weighted by Gasteiger charge is -2.21. The highest BCUT2D eigenvalue weighted by Gasteiger charge is 2.33. The van der Waals surface area contributed by atoms with Gasteiger partial charge in [-0.25, -0.2) is 4.39 Å². The van der Waals surface area contributed by atoms with Crippen LogP contribution in [0.1, 0.15) is 17.5 Å². The van der Waals surface area contributed by atoms with E-state index in [4.69, 9.17) is 5.73 Å². The quantitative estimate of drug-likeness (QED) is 0.688. The van der Waals surface area contributed by atoms with Crippen molar-refractivity contribution in [2.45, 2.75) is 25.2 Å². The number of hydrogen-bond acceptors (Lipinski definition) is 3. The van der Waals surface area contributed by atoms with E-state index in [1.807, 2.05) is 19.0 Å². The van der Waals surface area contributed by atoms with Crippen molar-refractivity contribution in [3.8, 4) is 0 Å². The minimum Gasteiger partial charge on any atom is -0.396 e. The summed E-state index contributed by atoms with van der Waals surface area (Å²) in [7, 11) is 3.91. The number of anilines is 1. The zero-order valence-electron chi connectivity index (χ0n) is 12.0. The van der Waals surface area contributed by atoms with Gasteiger partial charge in [-0.05, 0) is 32.6 Å². The molecule has 1 heterocycles. The number of alkyl halides is 3. The van der Waals surface area contributed by atoms with Gasteiger partial charge in [0.2, 0.25) is 0 Å². The Morgan fingerprint density at radius 3 is 2.52 bits per heavy atom. The first-order valence-electron chi connectivity index (χ1n) is 6.72. The summed E-state index contributed by atoms with van der Waals surface area (Å²) in [4.78, 5) is 4.01. The van der Waals surface area contributed by atoms with Crippen molar-refractivity contribution >= 4 is 5.69 Å². The lowest BCUT2D eigenvalue weighted by molar-refractivity contribution is -0.137. The predicted octanol–water partition coefficient (Wildman–Crippen LogP) is 2.56. The Balaban J connectivity index is 2.19. The maximum Gasteiger partial charge on any atom is 0.416 e. The summed E-state index contributed by atoms with van der Waals surface area (Å²) in [5, 5.41) is 0. The van der Waals surface area contributed by atoms with Crippen LogP contribution in [0.15, 0.2) is 12.1 Å². The second-order valence-electron chi connectivity index (χ2n) is 5.68. The number of likely N-dealkylation sites (tertiary alicyclic amines) is 1. The number of nitrogens with two attached hydrogens (primary N) is 1. The average molecular weight is 305 g/mol. The smallest absolute Gasteiger partial charge is 0.396 e. The summed E-state index contributed by atoms with van der Waals surface area (Å²) in [6.07, 6.45) is -3.60. The van der Waals surface area contributed by atoms with E-state index in [0.29, 0.717) is 18.7 Å². The molecule has 21 heavy (non-hydrogen) atoms. The van der Waals surface area contributed by atoms with Gasteiger partial charge in [-0.15, -0.1) is 0 Å². The van der Waals surface area contributed by atoms with Crippen LogP contribution >= 0.6 is 0 Å². The molecule has 0 saturated carbocycles. The van der Waals surface area contributed by atoms with Gasteiger partial charge >= 0.3 is 6.18 Å². The van der Waals surface area contributed by atoms with E-state index in [1.165, 1.54) is 0 Å². The molecule has 118 valence electrons. The van der Waals surface area contributed by atoms with Crippen LogP contribution in [-0.2, 0) is 12.7 Å². The number of halogens is 4. The molecule has 2 N–H and O–H groups in total. The fourth-order valence-electron chi connectivity index (χ4n) is 2.61. The van der Waals surface area contributed by atoms with Gasteiger partial charge in [-0.1, -0.05) is 0 Å². The Morgan fingerprint density at radius 1 is 1.33 bits per heavy atom. The van der Waals surface area contributed by atoms with Gasteiger partial charge in [0.15, 0.2) is 5.82 Å². The van der Waals surface area contributed by atoms with E-state index in [-0.39, 0.29) is 12.1 Å². The van der Waals surface area contributed by atoms with Gasteiger partial charge in [-0.3, -0.25) is 4.90 Å². The highest BCUT2D eigenvalue weighted by Crippen LogP contribution is 2.33. The monoisotopic (exact) mass is 305 g/mol. The minimum absolute atomic E-state index is 0.00160. The first-order valence-corrected chi connectivity index (χ1v) is 6.72. The Morgan fingerprint density at radius 2 is 2.00 bits per heavy atom. The molecule has 2 rings (SSSR count). The van der Waals surface area contributed by atoms with Crippen molar-refractivity contribution in [2.75, 3.05) is 32.9 Å². The maximum absolute atomic E-state index is 13.9. The van der Waals surface area contributed by atoms with Crippen LogP contribution in [0.2, 0.25) is 0 Å². The van der Waals surface area contributed by atoms with E-state index in [9.17, 15) is 17.6 Å². The van der Waals surface area contributed by atoms with Crippen molar-refractivity contribution in [2.24, 2.45) is 0 Å². The molecule has 7 heteroatoms. The second kappa shape index (κ2) is 5.81. The molecule has 0 amide bonds. The zero-order chi connectivity index (χ0) is 15.8. The standard InChI is InChI=1S/C14H19F4N3/c1-20(2)11-3-4-21(8-11)7-9-5-10(14(16,17)18)6-12(19)13(9)15/h5-6,11H,3-4,7-8,19H2,1-2H3/t11-/m0/s1. The third-order valence-electron chi connectivity index (χ3n) is 3.88. The van der Waals surface area contributed by atoms with Crippen molar-refractivity contribution in [3.63, 3.8) is 0 Å². The van der Waals surface area contributed by atoms with Crippen molar-refractivity contribution in [3.05, 3.63) is 29.1 Å². The maximum atomic E-state index is 13.9. The van der Waals surface area contributed by atoms with Crippen LogP contribution in [0.3, 0.4) is 0 Å². The first kappa shape index (κ1) is 16.0. The SMILES string of the molecule is CN(C)[C@H]1CCN(Cc2cc(C(F)(F)F)cc(N)c2F)C1.